The third kappa shape index (κ3) is 3.82. The van der Waals surface area contributed by atoms with E-state index in [0.717, 1.165) is 13.0 Å². The van der Waals surface area contributed by atoms with E-state index in [1.807, 2.05) is 0 Å². The molecule has 2 aromatic rings. The van der Waals surface area contributed by atoms with Gasteiger partial charge in [-0.15, -0.1) is 11.3 Å². The first-order valence-electron chi connectivity index (χ1n) is 6.65. The van der Waals surface area contributed by atoms with Crippen molar-refractivity contribution in [3.05, 3.63) is 51.7 Å². The van der Waals surface area contributed by atoms with Crippen LogP contribution in [0.15, 0.2) is 35.7 Å². The molecular weight excluding hydrogens is 252 g/mol. The van der Waals surface area contributed by atoms with Gasteiger partial charge in [0.1, 0.15) is 0 Å². The summed E-state index contributed by atoms with van der Waals surface area (Å²) in [4.78, 5) is 3.69. The first-order chi connectivity index (χ1) is 9.06. The van der Waals surface area contributed by atoms with Crippen LogP contribution in [0.5, 0.6) is 0 Å². The van der Waals surface area contributed by atoms with Crippen LogP contribution in [0.1, 0.15) is 22.9 Å². The quantitative estimate of drug-likeness (QED) is 0.903. The fraction of sp³-hybridized carbons (Fsp3) is 0.375. The lowest BCUT2D eigenvalue weighted by Crippen LogP contribution is -2.22. The topological polar surface area (TPSA) is 29.3 Å². The van der Waals surface area contributed by atoms with Gasteiger partial charge in [-0.1, -0.05) is 23.8 Å². The SMILES string of the molecule is Cc1ccc(N(C)Cc2cccs2)c(CC(C)N)c1. The van der Waals surface area contributed by atoms with Crippen molar-refractivity contribution in [2.24, 2.45) is 5.73 Å². The van der Waals surface area contributed by atoms with Gasteiger partial charge in [-0.3, -0.25) is 0 Å². The lowest BCUT2D eigenvalue weighted by molar-refractivity contribution is 0.734. The Morgan fingerprint density at radius 1 is 1.32 bits per heavy atom. The molecule has 0 fully saturated rings. The van der Waals surface area contributed by atoms with Gasteiger partial charge in [0.25, 0.3) is 0 Å². The van der Waals surface area contributed by atoms with Crippen molar-refractivity contribution in [3.63, 3.8) is 0 Å². The van der Waals surface area contributed by atoms with Gasteiger partial charge in [0, 0.05) is 23.7 Å². The molecule has 0 spiro atoms. The first-order valence-corrected chi connectivity index (χ1v) is 7.53. The molecule has 19 heavy (non-hydrogen) atoms. The largest absolute Gasteiger partial charge is 0.369 e. The van der Waals surface area contributed by atoms with E-state index >= 15 is 0 Å². The summed E-state index contributed by atoms with van der Waals surface area (Å²) in [5.41, 5.74) is 9.89. The predicted molar refractivity (Wildman–Crippen MR) is 85.0 cm³/mol. The Balaban J connectivity index is 2.22. The van der Waals surface area contributed by atoms with Crippen molar-refractivity contribution in [3.8, 4) is 0 Å². The van der Waals surface area contributed by atoms with E-state index in [0.29, 0.717) is 0 Å². The number of benzene rings is 1. The number of rotatable bonds is 5. The van der Waals surface area contributed by atoms with Crippen molar-refractivity contribution < 1.29 is 0 Å². The van der Waals surface area contributed by atoms with Crippen LogP contribution in [0.3, 0.4) is 0 Å². The molecule has 102 valence electrons. The molecule has 0 aliphatic heterocycles. The van der Waals surface area contributed by atoms with Crippen molar-refractivity contribution in [1.29, 1.82) is 0 Å². The molecule has 0 saturated heterocycles. The molecule has 0 radical (unpaired) electrons. The second kappa shape index (κ2) is 6.22. The van der Waals surface area contributed by atoms with Crippen LogP contribution in [-0.4, -0.2) is 13.1 Å². The molecule has 1 heterocycles. The maximum atomic E-state index is 5.96. The summed E-state index contributed by atoms with van der Waals surface area (Å²) in [6.45, 7) is 5.14. The molecule has 2 N–H and O–H groups in total. The molecule has 0 amide bonds. The van der Waals surface area contributed by atoms with Gasteiger partial charge in [0.2, 0.25) is 0 Å². The van der Waals surface area contributed by atoms with Crippen molar-refractivity contribution in [1.82, 2.24) is 0 Å². The highest BCUT2D eigenvalue weighted by Gasteiger charge is 2.10. The van der Waals surface area contributed by atoms with Crippen LogP contribution >= 0.6 is 11.3 Å². The normalized spacial score (nSPS) is 12.4. The Kier molecular flexibility index (Phi) is 4.61. The summed E-state index contributed by atoms with van der Waals surface area (Å²) in [6, 6.07) is 11.1. The maximum Gasteiger partial charge on any atom is 0.0519 e. The van der Waals surface area contributed by atoms with Gasteiger partial charge in [-0.05, 0) is 43.3 Å². The molecule has 0 aliphatic rings. The summed E-state index contributed by atoms with van der Waals surface area (Å²) in [5.74, 6) is 0. The number of thiophene rings is 1. The Hall–Kier alpha value is -1.32. The maximum absolute atomic E-state index is 5.96. The van der Waals surface area contributed by atoms with Crippen LogP contribution in [-0.2, 0) is 13.0 Å². The molecule has 1 aromatic heterocycles. The van der Waals surface area contributed by atoms with Crippen LogP contribution in [0.2, 0.25) is 0 Å². The Bertz CT molecular complexity index is 518. The minimum atomic E-state index is 0.190. The highest BCUT2D eigenvalue weighted by molar-refractivity contribution is 7.09. The lowest BCUT2D eigenvalue weighted by Gasteiger charge is -2.23. The van der Waals surface area contributed by atoms with Crippen LogP contribution in [0, 0.1) is 6.92 Å². The Labute approximate surface area is 119 Å². The number of anilines is 1. The molecule has 0 saturated carbocycles. The summed E-state index contributed by atoms with van der Waals surface area (Å²) < 4.78 is 0. The van der Waals surface area contributed by atoms with Gasteiger partial charge in [0.05, 0.1) is 6.54 Å². The average molecular weight is 274 g/mol. The molecular formula is C16H22N2S. The summed E-state index contributed by atoms with van der Waals surface area (Å²) in [7, 11) is 2.15. The van der Waals surface area contributed by atoms with E-state index in [2.05, 4.69) is 61.5 Å². The van der Waals surface area contributed by atoms with Gasteiger partial charge in [0.15, 0.2) is 0 Å². The monoisotopic (exact) mass is 274 g/mol. The molecule has 1 aromatic carbocycles. The number of hydrogen-bond donors (Lipinski definition) is 1. The van der Waals surface area contributed by atoms with E-state index < -0.39 is 0 Å². The number of aryl methyl sites for hydroxylation is 1. The van der Waals surface area contributed by atoms with E-state index in [1.165, 1.54) is 21.7 Å². The fourth-order valence-corrected chi connectivity index (χ4v) is 3.08. The standard InChI is InChI=1S/C16H22N2S/c1-12-6-7-16(14(9-12)10-13(2)17)18(3)11-15-5-4-8-19-15/h4-9,13H,10-11,17H2,1-3H3. The van der Waals surface area contributed by atoms with E-state index in [9.17, 15) is 0 Å². The molecule has 1 atom stereocenters. The van der Waals surface area contributed by atoms with Gasteiger partial charge >= 0.3 is 0 Å². The first kappa shape index (κ1) is 14.1. The van der Waals surface area contributed by atoms with E-state index in [1.54, 1.807) is 11.3 Å². The van der Waals surface area contributed by atoms with E-state index in [-0.39, 0.29) is 6.04 Å². The molecule has 0 bridgehead atoms. The zero-order valence-electron chi connectivity index (χ0n) is 11.9. The highest BCUT2D eigenvalue weighted by atomic mass is 32.1. The number of hydrogen-bond acceptors (Lipinski definition) is 3. The summed E-state index contributed by atoms with van der Waals surface area (Å²) in [5, 5.41) is 2.13. The zero-order valence-corrected chi connectivity index (χ0v) is 12.7. The minimum absolute atomic E-state index is 0.190. The second-order valence-electron chi connectivity index (χ2n) is 5.25. The zero-order chi connectivity index (χ0) is 13.8. The van der Waals surface area contributed by atoms with Crippen LogP contribution in [0.25, 0.3) is 0 Å². The summed E-state index contributed by atoms with van der Waals surface area (Å²) in [6.07, 6.45) is 0.922. The highest BCUT2D eigenvalue weighted by Crippen LogP contribution is 2.24. The molecule has 3 heteroatoms. The van der Waals surface area contributed by atoms with Crippen molar-refractivity contribution >= 4 is 17.0 Å². The van der Waals surface area contributed by atoms with Gasteiger partial charge < -0.3 is 10.6 Å². The second-order valence-corrected chi connectivity index (χ2v) is 6.28. The van der Waals surface area contributed by atoms with Crippen LogP contribution in [0.4, 0.5) is 5.69 Å². The van der Waals surface area contributed by atoms with Gasteiger partial charge in [-0.2, -0.15) is 0 Å². The molecule has 2 rings (SSSR count). The average Bonchev–Trinajstić information content (AvgIpc) is 2.80. The molecule has 1 unspecified atom stereocenters. The Morgan fingerprint density at radius 3 is 2.74 bits per heavy atom. The number of nitrogens with two attached hydrogens (primary N) is 1. The summed E-state index contributed by atoms with van der Waals surface area (Å²) >= 11 is 1.80. The van der Waals surface area contributed by atoms with Crippen molar-refractivity contribution in [2.75, 3.05) is 11.9 Å². The number of nitrogens with zero attached hydrogens (tertiary/aromatic N) is 1. The smallest absolute Gasteiger partial charge is 0.0519 e. The van der Waals surface area contributed by atoms with Crippen LogP contribution < -0.4 is 10.6 Å². The fourth-order valence-electron chi connectivity index (χ4n) is 2.32. The molecule has 0 aliphatic carbocycles. The minimum Gasteiger partial charge on any atom is -0.369 e. The third-order valence-electron chi connectivity index (χ3n) is 3.16. The van der Waals surface area contributed by atoms with Gasteiger partial charge in [-0.25, -0.2) is 0 Å². The lowest BCUT2D eigenvalue weighted by atomic mass is 10.0. The van der Waals surface area contributed by atoms with Crippen molar-refractivity contribution in [2.45, 2.75) is 32.9 Å². The van der Waals surface area contributed by atoms with E-state index in [4.69, 9.17) is 5.73 Å². The predicted octanol–water partition coefficient (Wildman–Crippen LogP) is 3.58. The Morgan fingerprint density at radius 2 is 2.11 bits per heavy atom. The third-order valence-corrected chi connectivity index (χ3v) is 4.02. The molecule has 2 nitrogen and oxygen atoms in total.